The molecule has 0 saturated carbocycles. The summed E-state index contributed by atoms with van der Waals surface area (Å²) in [6.45, 7) is 2.60. The van der Waals surface area contributed by atoms with Gasteiger partial charge in [-0.25, -0.2) is 0 Å². The first kappa shape index (κ1) is 17.1. The van der Waals surface area contributed by atoms with E-state index >= 15 is 0 Å². The Morgan fingerprint density at radius 1 is 1.00 bits per heavy atom. The van der Waals surface area contributed by atoms with E-state index in [1.54, 1.807) is 24.1 Å². The zero-order chi connectivity index (χ0) is 18.8. The Morgan fingerprint density at radius 2 is 1.70 bits per heavy atom. The third kappa shape index (κ3) is 3.26. The molecule has 2 aromatic carbocycles. The van der Waals surface area contributed by atoms with Crippen LogP contribution in [0, 0.1) is 0 Å². The maximum atomic E-state index is 12.9. The summed E-state index contributed by atoms with van der Waals surface area (Å²) in [5, 5.41) is 1.37. The van der Waals surface area contributed by atoms with Gasteiger partial charge in [0.05, 0.1) is 12.8 Å². The quantitative estimate of drug-likeness (QED) is 0.777. The van der Waals surface area contributed by atoms with Crippen molar-refractivity contribution < 1.29 is 9.53 Å². The van der Waals surface area contributed by atoms with Crippen LogP contribution < -0.4 is 15.2 Å². The fourth-order valence-electron chi connectivity index (χ4n) is 3.54. The monoisotopic (exact) mass is 363 g/mol. The minimum absolute atomic E-state index is 0.141. The Hall–Kier alpha value is -3.28. The molecule has 2 heterocycles. The first-order valence-electron chi connectivity index (χ1n) is 8.96. The van der Waals surface area contributed by atoms with E-state index in [9.17, 15) is 9.59 Å². The van der Waals surface area contributed by atoms with Gasteiger partial charge in [-0.15, -0.1) is 0 Å². The van der Waals surface area contributed by atoms with Crippen molar-refractivity contribution in [3.05, 3.63) is 70.6 Å². The largest absolute Gasteiger partial charge is 0.495 e. The van der Waals surface area contributed by atoms with Gasteiger partial charge in [0.2, 0.25) is 0 Å². The molecule has 138 valence electrons. The Balaban J connectivity index is 1.51. The van der Waals surface area contributed by atoms with Crippen LogP contribution in [0.2, 0.25) is 0 Å². The first-order chi connectivity index (χ1) is 13.2. The number of pyridine rings is 1. The van der Waals surface area contributed by atoms with Crippen LogP contribution in [0.3, 0.4) is 0 Å². The van der Waals surface area contributed by atoms with Crippen molar-refractivity contribution >= 4 is 22.4 Å². The average molecular weight is 363 g/mol. The van der Waals surface area contributed by atoms with Crippen LogP contribution in [0.15, 0.2) is 59.4 Å². The van der Waals surface area contributed by atoms with Gasteiger partial charge in [0.1, 0.15) is 11.4 Å². The van der Waals surface area contributed by atoms with E-state index in [0.29, 0.717) is 37.3 Å². The topological polar surface area (TPSA) is 65.6 Å². The van der Waals surface area contributed by atoms with E-state index in [1.807, 2.05) is 42.5 Å². The molecule has 1 aliphatic heterocycles. The number of aromatic amines is 1. The summed E-state index contributed by atoms with van der Waals surface area (Å²) < 4.78 is 5.43. The minimum atomic E-state index is -0.232. The summed E-state index contributed by atoms with van der Waals surface area (Å²) in [4.78, 5) is 31.8. The lowest BCUT2D eigenvalue weighted by atomic mass is 10.1. The highest BCUT2D eigenvalue weighted by Crippen LogP contribution is 2.28. The maximum absolute atomic E-state index is 12.9. The molecule has 1 saturated heterocycles. The third-order valence-corrected chi connectivity index (χ3v) is 4.98. The summed E-state index contributed by atoms with van der Waals surface area (Å²) in [6, 6.07) is 16.9. The van der Waals surface area contributed by atoms with Gasteiger partial charge in [0, 0.05) is 31.6 Å². The Morgan fingerprint density at radius 3 is 2.48 bits per heavy atom. The van der Waals surface area contributed by atoms with Crippen molar-refractivity contribution in [1.82, 2.24) is 9.88 Å². The SMILES string of the molecule is COc1ccccc1N1CCN(C(=O)c2cc3ccccc3c(=O)[nH]2)CC1. The molecule has 0 unspecified atom stereocenters. The lowest BCUT2D eigenvalue weighted by molar-refractivity contribution is 0.0740. The number of carbonyl (C=O) groups is 1. The Bertz CT molecular complexity index is 1040. The number of para-hydroxylation sites is 2. The molecule has 1 fully saturated rings. The molecule has 0 spiro atoms. The van der Waals surface area contributed by atoms with E-state index < -0.39 is 0 Å². The van der Waals surface area contributed by atoms with Crippen molar-refractivity contribution in [1.29, 1.82) is 0 Å². The molecule has 1 N–H and O–H groups in total. The van der Waals surface area contributed by atoms with E-state index in [1.165, 1.54) is 0 Å². The van der Waals surface area contributed by atoms with Crippen molar-refractivity contribution in [2.45, 2.75) is 0 Å². The summed E-state index contributed by atoms with van der Waals surface area (Å²) in [5.41, 5.74) is 1.14. The highest BCUT2D eigenvalue weighted by Gasteiger charge is 2.24. The fourth-order valence-corrected chi connectivity index (χ4v) is 3.54. The molecule has 1 aliphatic rings. The number of rotatable bonds is 3. The number of hydrogen-bond donors (Lipinski definition) is 1. The number of fused-ring (bicyclic) bond motifs is 1. The molecule has 0 aliphatic carbocycles. The highest BCUT2D eigenvalue weighted by atomic mass is 16.5. The van der Waals surface area contributed by atoms with Crippen molar-refractivity contribution in [2.24, 2.45) is 0 Å². The molecule has 1 aromatic heterocycles. The number of aromatic nitrogens is 1. The van der Waals surface area contributed by atoms with Gasteiger partial charge in [-0.3, -0.25) is 9.59 Å². The Kier molecular flexibility index (Phi) is 4.54. The van der Waals surface area contributed by atoms with Gasteiger partial charge in [0.25, 0.3) is 11.5 Å². The Labute approximate surface area is 157 Å². The van der Waals surface area contributed by atoms with Crippen molar-refractivity contribution in [3.63, 3.8) is 0 Å². The molecule has 1 amide bonds. The molecule has 0 radical (unpaired) electrons. The van der Waals surface area contributed by atoms with Crippen LogP contribution in [0.4, 0.5) is 5.69 Å². The fraction of sp³-hybridized carbons (Fsp3) is 0.238. The summed E-state index contributed by atoms with van der Waals surface area (Å²) in [7, 11) is 1.66. The average Bonchev–Trinajstić information content (AvgIpc) is 2.73. The van der Waals surface area contributed by atoms with Crippen LogP contribution in [0.1, 0.15) is 10.5 Å². The molecule has 27 heavy (non-hydrogen) atoms. The maximum Gasteiger partial charge on any atom is 0.270 e. The van der Waals surface area contributed by atoms with Gasteiger partial charge in [-0.05, 0) is 29.7 Å². The van der Waals surface area contributed by atoms with Gasteiger partial charge in [-0.1, -0.05) is 30.3 Å². The predicted molar refractivity (Wildman–Crippen MR) is 106 cm³/mol. The van der Waals surface area contributed by atoms with Crippen LogP contribution in [-0.2, 0) is 0 Å². The zero-order valence-corrected chi connectivity index (χ0v) is 15.1. The van der Waals surface area contributed by atoms with E-state index in [-0.39, 0.29) is 11.5 Å². The van der Waals surface area contributed by atoms with Crippen LogP contribution in [-0.4, -0.2) is 49.1 Å². The van der Waals surface area contributed by atoms with Crippen LogP contribution in [0.25, 0.3) is 10.8 Å². The molecule has 6 heteroatoms. The molecular formula is C21H21N3O3. The summed E-state index contributed by atoms with van der Waals surface area (Å²) >= 11 is 0. The number of piperazine rings is 1. The lowest BCUT2D eigenvalue weighted by Crippen LogP contribution is -2.49. The molecular weight excluding hydrogens is 342 g/mol. The van der Waals surface area contributed by atoms with Crippen LogP contribution in [0.5, 0.6) is 5.75 Å². The van der Waals surface area contributed by atoms with E-state index in [4.69, 9.17) is 4.74 Å². The van der Waals surface area contributed by atoms with Gasteiger partial charge in [-0.2, -0.15) is 0 Å². The van der Waals surface area contributed by atoms with Crippen molar-refractivity contribution in [3.8, 4) is 5.75 Å². The number of nitrogens with one attached hydrogen (secondary N) is 1. The smallest absolute Gasteiger partial charge is 0.270 e. The standard InChI is InChI=1S/C21H21N3O3/c1-27-19-9-5-4-8-18(19)23-10-12-24(13-11-23)21(26)17-14-15-6-2-3-7-16(15)20(25)22-17/h2-9,14H,10-13H2,1H3,(H,22,25). The summed E-state index contributed by atoms with van der Waals surface area (Å²) in [5.74, 6) is 0.689. The normalized spacial score (nSPS) is 14.4. The number of benzene rings is 2. The first-order valence-corrected chi connectivity index (χ1v) is 8.96. The van der Waals surface area contributed by atoms with Crippen LogP contribution >= 0.6 is 0 Å². The molecule has 6 nitrogen and oxygen atoms in total. The zero-order valence-electron chi connectivity index (χ0n) is 15.1. The summed E-state index contributed by atoms with van der Waals surface area (Å²) in [6.07, 6.45) is 0. The third-order valence-electron chi connectivity index (χ3n) is 4.98. The van der Waals surface area contributed by atoms with Gasteiger partial charge in [0.15, 0.2) is 0 Å². The number of carbonyl (C=O) groups excluding carboxylic acids is 1. The molecule has 0 bridgehead atoms. The highest BCUT2D eigenvalue weighted by molar-refractivity contribution is 5.96. The number of methoxy groups -OCH3 is 1. The second kappa shape index (κ2) is 7.15. The minimum Gasteiger partial charge on any atom is -0.495 e. The number of hydrogen-bond acceptors (Lipinski definition) is 4. The second-order valence-electron chi connectivity index (χ2n) is 6.55. The molecule has 4 rings (SSSR count). The number of nitrogens with zero attached hydrogens (tertiary/aromatic N) is 2. The molecule has 3 aromatic rings. The number of amides is 1. The predicted octanol–water partition coefficient (Wildman–Crippen LogP) is 2.50. The molecule has 0 atom stereocenters. The number of anilines is 1. The lowest BCUT2D eigenvalue weighted by Gasteiger charge is -2.36. The van der Waals surface area contributed by atoms with Gasteiger partial charge >= 0.3 is 0 Å². The van der Waals surface area contributed by atoms with E-state index in [0.717, 1.165) is 16.8 Å². The van der Waals surface area contributed by atoms with E-state index in [2.05, 4.69) is 9.88 Å². The van der Waals surface area contributed by atoms with Gasteiger partial charge < -0.3 is 19.5 Å². The number of H-pyrrole nitrogens is 1. The number of ether oxygens (including phenoxy) is 1. The van der Waals surface area contributed by atoms with Crippen molar-refractivity contribution in [2.75, 3.05) is 38.2 Å². The second-order valence-corrected chi connectivity index (χ2v) is 6.55.